The van der Waals surface area contributed by atoms with Crippen LogP contribution in [0, 0.1) is 6.85 Å². The monoisotopic (exact) mass is 244 g/mol. The van der Waals surface area contributed by atoms with Gasteiger partial charge in [0.15, 0.2) is 7.23 Å². The number of hydrogen-bond acceptors (Lipinski definition) is 4. The average Bonchev–Trinajstić information content (AvgIpc) is 2.57. The minimum absolute atomic E-state index is 0.0481. The summed E-state index contributed by atoms with van der Waals surface area (Å²) >= 11 is 0. The zero-order valence-electron chi connectivity index (χ0n) is 13.6. The normalized spacial score (nSPS) is 17.9. The Morgan fingerprint density at radius 2 is 2.17 bits per heavy atom. The van der Waals surface area contributed by atoms with Gasteiger partial charge in [0.1, 0.15) is 5.82 Å². The molecule has 5 nitrogen and oxygen atoms in total. The van der Waals surface area contributed by atoms with Crippen molar-refractivity contribution in [3.05, 3.63) is 41.7 Å². The lowest BCUT2D eigenvalue weighted by Gasteiger charge is -2.18. The van der Waals surface area contributed by atoms with Gasteiger partial charge in [-0.15, -0.1) is 0 Å². The van der Waals surface area contributed by atoms with E-state index in [0.29, 0.717) is 11.1 Å². The van der Waals surface area contributed by atoms with E-state index in [9.17, 15) is 4.79 Å². The molecule has 0 radical (unpaired) electrons. The molecular weight excluding hydrogens is 228 g/mol. The third-order valence-corrected chi connectivity index (χ3v) is 2.77. The van der Waals surface area contributed by atoms with Crippen molar-refractivity contribution in [2.24, 2.45) is 0 Å². The summed E-state index contributed by atoms with van der Waals surface area (Å²) in [5.41, 5.74) is 0.0722. The maximum Gasteiger partial charge on any atom is 0.259 e. The highest BCUT2D eigenvalue weighted by molar-refractivity contribution is 6.11. The molecule has 1 N–H and O–H groups in total. The number of amides is 1. The molecule has 18 heavy (non-hydrogen) atoms. The molecule has 0 fully saturated rings. The summed E-state index contributed by atoms with van der Waals surface area (Å²) in [5, 5.41) is 0.577. The molecule has 0 aromatic carbocycles. The van der Waals surface area contributed by atoms with Crippen molar-refractivity contribution in [1.29, 1.82) is 0 Å². The van der Waals surface area contributed by atoms with E-state index < -0.39 is 12.8 Å². The number of pyridine rings is 2. The standard InChI is InChI=1S/C13H12N4O/c1-8-5-7-15-12-10(8)16-13(18)9-4-3-6-14-11(9)17(12)2/h3-7H,1-2H3,(H,16,18)/i1D3/hD. The van der Waals surface area contributed by atoms with Crippen LogP contribution in [0.3, 0.4) is 0 Å². The lowest BCUT2D eigenvalue weighted by atomic mass is 10.2. The zero-order valence-corrected chi connectivity index (χ0v) is 9.58. The predicted octanol–water partition coefficient (Wildman–Crippen LogP) is 2.12. The van der Waals surface area contributed by atoms with Crippen LogP contribution in [0.15, 0.2) is 30.6 Å². The fourth-order valence-electron chi connectivity index (χ4n) is 1.89. The second-order valence-electron chi connectivity index (χ2n) is 3.88. The van der Waals surface area contributed by atoms with Crippen LogP contribution in [-0.2, 0) is 0 Å². The summed E-state index contributed by atoms with van der Waals surface area (Å²) in [6, 6.07) is 4.44. The third kappa shape index (κ3) is 1.44. The van der Waals surface area contributed by atoms with Gasteiger partial charge < -0.3 is 10.2 Å². The Labute approximate surface area is 110 Å². The van der Waals surface area contributed by atoms with E-state index in [-0.39, 0.29) is 22.6 Å². The highest BCUT2D eigenvalue weighted by atomic mass is 16.1. The molecule has 5 heteroatoms. The fraction of sp³-hybridized carbons (Fsp3) is 0.154. The molecule has 0 unspecified atom stereocenters. The van der Waals surface area contributed by atoms with Crippen LogP contribution >= 0.6 is 0 Å². The molecule has 0 spiro atoms. The van der Waals surface area contributed by atoms with Crippen molar-refractivity contribution >= 4 is 23.2 Å². The highest BCUT2D eigenvalue weighted by Gasteiger charge is 2.25. The summed E-state index contributed by atoms with van der Waals surface area (Å²) < 4.78 is 30.9. The summed E-state index contributed by atoms with van der Waals surface area (Å²) in [5.74, 6) is -0.111. The first-order valence-electron chi connectivity index (χ1n) is 7.28. The van der Waals surface area contributed by atoms with Crippen LogP contribution in [-0.4, -0.2) is 22.9 Å². The van der Waals surface area contributed by atoms with Gasteiger partial charge in [0.05, 0.1) is 11.3 Å². The molecular formula is C13H12N4O. The molecule has 1 aliphatic rings. The van der Waals surface area contributed by atoms with Crippen molar-refractivity contribution < 1.29 is 10.3 Å². The summed E-state index contributed by atoms with van der Waals surface area (Å²) in [6.07, 6.45) is 2.87. The lowest BCUT2D eigenvalue weighted by Crippen LogP contribution is -2.14. The van der Waals surface area contributed by atoms with Crippen LogP contribution in [0.2, 0.25) is 1.41 Å². The Hall–Kier alpha value is -2.43. The van der Waals surface area contributed by atoms with Crippen LogP contribution in [0.5, 0.6) is 0 Å². The second-order valence-corrected chi connectivity index (χ2v) is 3.88. The van der Waals surface area contributed by atoms with E-state index in [2.05, 4.69) is 9.97 Å². The Kier molecular flexibility index (Phi) is 1.50. The van der Waals surface area contributed by atoms with Gasteiger partial charge in [-0.1, -0.05) is 0 Å². The Morgan fingerprint density at radius 1 is 1.33 bits per heavy atom. The number of carbonyl (C=O) groups is 1. The Balaban J connectivity index is 2.34. The average molecular weight is 244 g/mol. The third-order valence-electron chi connectivity index (χ3n) is 2.77. The van der Waals surface area contributed by atoms with Crippen LogP contribution < -0.4 is 10.2 Å². The highest BCUT2D eigenvalue weighted by Crippen LogP contribution is 2.35. The quantitative estimate of drug-likeness (QED) is 0.771. The minimum Gasteiger partial charge on any atom is -0.318 e. The number of anilines is 3. The smallest absolute Gasteiger partial charge is 0.259 e. The van der Waals surface area contributed by atoms with E-state index in [0.717, 1.165) is 0 Å². The van der Waals surface area contributed by atoms with Gasteiger partial charge >= 0.3 is 0 Å². The summed E-state index contributed by atoms with van der Waals surface area (Å²) in [6.45, 7) is -2.46. The predicted molar refractivity (Wildman–Crippen MR) is 69.2 cm³/mol. The molecule has 0 saturated carbocycles. The number of aromatic nitrogens is 2. The molecule has 2 aromatic heterocycles. The van der Waals surface area contributed by atoms with Gasteiger partial charge in [-0.05, 0) is 30.6 Å². The molecule has 1 amide bonds. The van der Waals surface area contributed by atoms with Crippen LogP contribution in [0.4, 0.5) is 17.3 Å². The van der Waals surface area contributed by atoms with E-state index in [1.54, 1.807) is 19.2 Å². The fourth-order valence-corrected chi connectivity index (χ4v) is 1.89. The summed E-state index contributed by atoms with van der Waals surface area (Å²) in [7, 11) is 1.63. The maximum atomic E-state index is 12.5. The molecule has 0 aliphatic carbocycles. The first-order chi connectivity index (χ1) is 10.3. The molecule has 0 saturated heterocycles. The molecule has 1 aliphatic heterocycles. The first-order valence-corrected chi connectivity index (χ1v) is 5.34. The zero-order chi connectivity index (χ0) is 16.1. The number of carbonyl (C=O) groups excluding carboxylic acids is 1. The van der Waals surface area contributed by atoms with Gasteiger partial charge in [0.2, 0.25) is 0 Å². The molecule has 0 atom stereocenters. The van der Waals surface area contributed by atoms with E-state index >= 15 is 0 Å². The van der Waals surface area contributed by atoms with Crippen molar-refractivity contribution in [3.63, 3.8) is 0 Å². The largest absolute Gasteiger partial charge is 0.318 e. The van der Waals surface area contributed by atoms with E-state index in [1.165, 1.54) is 23.4 Å². The SMILES string of the molecule is [2H]N1C(=O)c2cccnc2N(C)c2nccc(C([2H])([2H])[2H])c21. The van der Waals surface area contributed by atoms with Gasteiger partial charge in [-0.25, -0.2) is 9.97 Å². The van der Waals surface area contributed by atoms with Crippen LogP contribution in [0.1, 0.15) is 20.0 Å². The number of nitrogens with one attached hydrogen (secondary N) is 1. The topological polar surface area (TPSA) is 58.1 Å². The van der Waals surface area contributed by atoms with Crippen molar-refractivity contribution in [1.82, 2.24) is 9.97 Å². The molecule has 0 bridgehead atoms. The molecule has 2 aromatic rings. The van der Waals surface area contributed by atoms with Gasteiger partial charge in [0, 0.05) is 23.6 Å². The number of nitrogens with zero attached hydrogens (tertiary/aromatic N) is 3. The first kappa shape index (κ1) is 7.10. The molecule has 3 heterocycles. The van der Waals surface area contributed by atoms with Gasteiger partial charge in [-0.3, -0.25) is 4.79 Å². The number of hydrogen-bond donors (Lipinski definition) is 1. The van der Waals surface area contributed by atoms with Crippen molar-refractivity contribution in [2.75, 3.05) is 17.3 Å². The molecule has 90 valence electrons. The number of aryl methyl sites for hydroxylation is 1. The van der Waals surface area contributed by atoms with E-state index in [4.69, 9.17) is 5.52 Å². The minimum atomic E-state index is -2.46. The van der Waals surface area contributed by atoms with Crippen LogP contribution in [0.25, 0.3) is 0 Å². The molecule has 3 rings (SSSR count). The van der Waals surface area contributed by atoms with Gasteiger partial charge in [0.25, 0.3) is 5.91 Å². The number of rotatable bonds is 0. The van der Waals surface area contributed by atoms with Gasteiger partial charge in [-0.2, -0.15) is 0 Å². The maximum absolute atomic E-state index is 12.5. The van der Waals surface area contributed by atoms with E-state index in [1.807, 2.05) is 0 Å². The lowest BCUT2D eigenvalue weighted by molar-refractivity contribution is 0.102. The second kappa shape index (κ2) is 3.80. The van der Waals surface area contributed by atoms with Crippen molar-refractivity contribution in [2.45, 2.75) is 6.85 Å². The van der Waals surface area contributed by atoms with Crippen molar-refractivity contribution in [3.8, 4) is 0 Å². The Morgan fingerprint density at radius 3 is 3.00 bits per heavy atom. The Bertz CT molecular complexity index is 762. The number of fused-ring (bicyclic) bond motifs is 2. The summed E-state index contributed by atoms with van der Waals surface area (Å²) in [4.78, 5) is 22.3.